The highest BCUT2D eigenvalue weighted by Gasteiger charge is 2.35. The molecule has 2 aromatic rings. The van der Waals surface area contributed by atoms with Crippen molar-refractivity contribution in [2.75, 3.05) is 18.1 Å². The second-order valence-electron chi connectivity index (χ2n) is 5.46. The number of carbonyl (C=O) groups is 1. The van der Waals surface area contributed by atoms with E-state index in [9.17, 15) is 18.0 Å². The Labute approximate surface area is 135 Å². The van der Waals surface area contributed by atoms with Gasteiger partial charge in [-0.3, -0.25) is 0 Å². The van der Waals surface area contributed by atoms with E-state index in [1.807, 2.05) is 24.3 Å². The first kappa shape index (κ1) is 16.2. The molecule has 0 radical (unpaired) electrons. The van der Waals surface area contributed by atoms with Gasteiger partial charge in [-0.2, -0.15) is 13.2 Å². The second-order valence-corrected chi connectivity index (χ2v) is 7.67. The lowest BCUT2D eigenvalue weighted by atomic mass is 10.1. The summed E-state index contributed by atoms with van der Waals surface area (Å²) >= 11 is 0. The highest BCUT2D eigenvalue weighted by atomic mass is 32.2. The van der Waals surface area contributed by atoms with Crippen LogP contribution in [0, 0.1) is 0 Å². The summed E-state index contributed by atoms with van der Waals surface area (Å²) in [4.78, 5) is 13.1. The molecule has 1 heterocycles. The lowest BCUT2D eigenvalue weighted by Crippen LogP contribution is -2.22. The number of halogens is 3. The van der Waals surface area contributed by atoms with E-state index in [1.54, 1.807) is 12.1 Å². The average molecular weight is 341 g/mol. The predicted octanol–water partition coefficient (Wildman–Crippen LogP) is 4.33. The average Bonchev–Trinajstić information content (AvgIpc) is 3.04. The minimum Gasteiger partial charge on any atom is -0.452 e. The molecule has 1 aliphatic rings. The van der Waals surface area contributed by atoms with Crippen LogP contribution in [0.1, 0.15) is 23.2 Å². The number of rotatable bonds is 3. The van der Waals surface area contributed by atoms with E-state index in [1.165, 1.54) is 0 Å². The summed E-state index contributed by atoms with van der Waals surface area (Å²) in [6, 6.07) is 11.0. The summed E-state index contributed by atoms with van der Waals surface area (Å²) in [7, 11) is -0.104. The zero-order valence-electron chi connectivity index (χ0n) is 12.4. The Morgan fingerprint density at radius 3 is 2.48 bits per heavy atom. The predicted molar refractivity (Wildman–Crippen MR) is 84.9 cm³/mol. The Bertz CT molecular complexity index is 721. The molecule has 1 fully saturated rings. The van der Waals surface area contributed by atoms with E-state index >= 15 is 0 Å². The molecule has 2 aromatic carbocycles. The summed E-state index contributed by atoms with van der Waals surface area (Å²) in [6.45, 7) is -1.55. The zero-order chi connectivity index (χ0) is 16.4. The number of fused-ring (bicyclic) bond motifs is 1. The van der Waals surface area contributed by atoms with Crippen molar-refractivity contribution in [2.45, 2.75) is 23.9 Å². The molecular formula is C17H16F3O2S+. The van der Waals surface area contributed by atoms with Gasteiger partial charge in [0.05, 0.1) is 0 Å². The molecule has 0 spiro atoms. The molecule has 0 aliphatic carbocycles. The molecule has 0 aromatic heterocycles. The summed E-state index contributed by atoms with van der Waals surface area (Å²) in [6.07, 6.45) is -2.34. The highest BCUT2D eigenvalue weighted by molar-refractivity contribution is 7.97. The Hall–Kier alpha value is -1.69. The summed E-state index contributed by atoms with van der Waals surface area (Å²) in [5.74, 6) is 1.07. The highest BCUT2D eigenvalue weighted by Crippen LogP contribution is 2.33. The van der Waals surface area contributed by atoms with Gasteiger partial charge in [0.2, 0.25) is 0 Å². The lowest BCUT2D eigenvalue weighted by Gasteiger charge is -2.12. The third-order valence-electron chi connectivity index (χ3n) is 3.79. The molecule has 0 amide bonds. The first-order valence-corrected chi connectivity index (χ1v) is 8.95. The molecule has 122 valence electrons. The quantitative estimate of drug-likeness (QED) is 0.613. The number of benzene rings is 2. The molecular weight excluding hydrogens is 325 g/mol. The largest absolute Gasteiger partial charge is 0.452 e. The summed E-state index contributed by atoms with van der Waals surface area (Å²) < 4.78 is 41.4. The summed E-state index contributed by atoms with van der Waals surface area (Å²) in [5, 5.41) is 1.94. The first-order valence-electron chi connectivity index (χ1n) is 7.39. The normalized spacial score (nSPS) is 16.0. The van der Waals surface area contributed by atoms with Crippen LogP contribution >= 0.6 is 0 Å². The van der Waals surface area contributed by atoms with E-state index < -0.39 is 18.8 Å². The van der Waals surface area contributed by atoms with Gasteiger partial charge in [-0.05, 0) is 30.4 Å². The summed E-state index contributed by atoms with van der Waals surface area (Å²) in [5.41, 5.74) is 0.276. The van der Waals surface area contributed by atoms with E-state index in [0.29, 0.717) is 0 Å². The molecule has 0 N–H and O–H groups in total. The topological polar surface area (TPSA) is 26.3 Å². The van der Waals surface area contributed by atoms with Gasteiger partial charge in [0, 0.05) is 16.3 Å². The van der Waals surface area contributed by atoms with Crippen molar-refractivity contribution in [2.24, 2.45) is 0 Å². The van der Waals surface area contributed by atoms with Gasteiger partial charge in [-0.1, -0.05) is 24.3 Å². The minimum atomic E-state index is -4.51. The van der Waals surface area contributed by atoms with E-state index in [4.69, 9.17) is 0 Å². The van der Waals surface area contributed by atoms with Crippen molar-refractivity contribution in [1.82, 2.24) is 0 Å². The molecule has 6 heteroatoms. The molecule has 3 rings (SSSR count). The Morgan fingerprint density at radius 2 is 1.78 bits per heavy atom. The van der Waals surface area contributed by atoms with Gasteiger partial charge in [-0.15, -0.1) is 0 Å². The molecule has 0 bridgehead atoms. The maximum absolute atomic E-state index is 12.3. The van der Waals surface area contributed by atoms with Crippen molar-refractivity contribution >= 4 is 27.6 Å². The first-order chi connectivity index (χ1) is 11.0. The van der Waals surface area contributed by atoms with Gasteiger partial charge in [0.1, 0.15) is 17.1 Å². The van der Waals surface area contributed by atoms with Crippen molar-refractivity contribution < 1.29 is 22.7 Å². The maximum atomic E-state index is 12.3. The van der Waals surface area contributed by atoms with Gasteiger partial charge in [0.15, 0.2) is 11.5 Å². The van der Waals surface area contributed by atoms with Gasteiger partial charge in [-0.25, -0.2) is 4.79 Å². The molecule has 23 heavy (non-hydrogen) atoms. The fourth-order valence-electron chi connectivity index (χ4n) is 2.80. The van der Waals surface area contributed by atoms with Gasteiger partial charge in [0.25, 0.3) is 0 Å². The van der Waals surface area contributed by atoms with Crippen LogP contribution in [0.2, 0.25) is 0 Å². The third kappa shape index (κ3) is 3.63. The number of hydrogen-bond donors (Lipinski definition) is 0. The van der Waals surface area contributed by atoms with Crippen LogP contribution < -0.4 is 0 Å². The molecule has 0 atom stereocenters. The van der Waals surface area contributed by atoms with Crippen molar-refractivity contribution in [3.05, 3.63) is 42.0 Å². The number of alkyl halides is 3. The van der Waals surface area contributed by atoms with Crippen LogP contribution in [-0.2, 0) is 15.6 Å². The Kier molecular flexibility index (Phi) is 4.53. The number of hydrogen-bond acceptors (Lipinski definition) is 2. The standard InChI is InChI=1S/C17H16F3O2S/c18-17(19,20)11-22-16(21)14-8-7-12-5-1-2-6-13(12)15(14)23-9-3-4-10-23/h1-2,5-8H,3-4,9-11H2/q+1. The van der Waals surface area contributed by atoms with E-state index in [2.05, 4.69) is 4.74 Å². The molecule has 1 aliphatic heterocycles. The molecule has 0 saturated carbocycles. The van der Waals surface area contributed by atoms with Crippen LogP contribution in [0.15, 0.2) is 41.3 Å². The number of esters is 1. The number of carbonyl (C=O) groups excluding carboxylic acids is 1. The second kappa shape index (κ2) is 6.43. The van der Waals surface area contributed by atoms with Crippen LogP contribution in [-0.4, -0.2) is 30.3 Å². The van der Waals surface area contributed by atoms with Crippen molar-refractivity contribution in [3.8, 4) is 0 Å². The number of ether oxygens (including phenoxy) is 1. The van der Waals surface area contributed by atoms with Crippen LogP contribution in [0.25, 0.3) is 10.8 Å². The monoisotopic (exact) mass is 341 g/mol. The van der Waals surface area contributed by atoms with Gasteiger partial charge < -0.3 is 4.74 Å². The van der Waals surface area contributed by atoms with Crippen LogP contribution in [0.5, 0.6) is 0 Å². The van der Waals surface area contributed by atoms with Crippen molar-refractivity contribution in [1.29, 1.82) is 0 Å². The zero-order valence-corrected chi connectivity index (χ0v) is 13.2. The minimum absolute atomic E-state index is 0.104. The van der Waals surface area contributed by atoms with E-state index in [-0.39, 0.29) is 16.5 Å². The third-order valence-corrected chi connectivity index (χ3v) is 6.37. The fourth-order valence-corrected chi connectivity index (χ4v) is 5.48. The smallest absolute Gasteiger partial charge is 0.422 e. The Morgan fingerprint density at radius 1 is 1.09 bits per heavy atom. The lowest BCUT2D eigenvalue weighted by molar-refractivity contribution is -0.161. The van der Waals surface area contributed by atoms with Crippen LogP contribution in [0.4, 0.5) is 13.2 Å². The maximum Gasteiger partial charge on any atom is 0.422 e. The molecule has 1 saturated heterocycles. The SMILES string of the molecule is O=C(OCC(F)(F)F)c1ccc2ccccc2c1[S+]1CCCC1. The van der Waals surface area contributed by atoms with Crippen molar-refractivity contribution in [3.63, 3.8) is 0 Å². The fraction of sp³-hybridized carbons (Fsp3) is 0.353. The molecule has 0 unspecified atom stereocenters. The Balaban J connectivity index is 2.01. The molecule has 2 nitrogen and oxygen atoms in total. The van der Waals surface area contributed by atoms with E-state index in [0.717, 1.165) is 40.0 Å². The van der Waals surface area contributed by atoms with Gasteiger partial charge >= 0.3 is 12.1 Å². The van der Waals surface area contributed by atoms with Crippen LogP contribution in [0.3, 0.4) is 0 Å².